The molecule has 2 aromatic carbocycles. The van der Waals surface area contributed by atoms with Crippen LogP contribution in [0.5, 0.6) is 0 Å². The molecule has 1 N–H and O–H groups in total. The van der Waals surface area contributed by atoms with Gasteiger partial charge < -0.3 is 10.1 Å². The Balaban J connectivity index is 1.41. The summed E-state index contributed by atoms with van der Waals surface area (Å²) in [5, 5.41) is 7.36. The molecule has 1 aliphatic rings. The molecule has 0 fully saturated rings. The summed E-state index contributed by atoms with van der Waals surface area (Å²) in [7, 11) is 0. The molecule has 0 radical (unpaired) electrons. The average molecular weight is 415 g/mol. The zero-order valence-electron chi connectivity index (χ0n) is 16.0. The highest BCUT2D eigenvalue weighted by Crippen LogP contribution is 2.29. The van der Waals surface area contributed by atoms with Gasteiger partial charge in [0.15, 0.2) is 0 Å². The third-order valence-corrected chi connectivity index (χ3v) is 4.98. The quantitative estimate of drug-likeness (QED) is 0.686. The van der Waals surface area contributed by atoms with Gasteiger partial charge in [0.1, 0.15) is 6.10 Å². The van der Waals surface area contributed by atoms with Crippen LogP contribution >= 0.6 is 0 Å². The van der Waals surface area contributed by atoms with E-state index < -0.39 is 23.8 Å². The summed E-state index contributed by atoms with van der Waals surface area (Å²) >= 11 is 0. The Kier molecular flexibility index (Phi) is 5.59. The number of nitrogens with zero attached hydrogens (tertiary/aromatic N) is 2. The number of ether oxygens (including phenoxy) is 1. The number of nitrogens with one attached hydrogen (secondary N) is 1. The lowest BCUT2D eigenvalue weighted by atomic mass is 10.1. The molecule has 0 aliphatic carbocycles. The average Bonchev–Trinajstić information content (AvgIpc) is 3.15. The fourth-order valence-electron chi connectivity index (χ4n) is 3.44. The van der Waals surface area contributed by atoms with Crippen molar-refractivity contribution in [3.8, 4) is 0 Å². The first-order chi connectivity index (χ1) is 14.4. The van der Waals surface area contributed by atoms with Gasteiger partial charge in [0.2, 0.25) is 0 Å². The highest BCUT2D eigenvalue weighted by atomic mass is 19.4. The number of fused-ring (bicyclic) bond motifs is 1. The van der Waals surface area contributed by atoms with Crippen LogP contribution in [-0.2, 0) is 23.9 Å². The molecule has 8 heteroatoms. The molecule has 0 saturated carbocycles. The summed E-state index contributed by atoms with van der Waals surface area (Å²) in [4.78, 5) is 12.3. The van der Waals surface area contributed by atoms with Gasteiger partial charge in [-0.25, -0.2) is 0 Å². The highest BCUT2D eigenvalue weighted by Gasteiger charge is 2.30. The monoisotopic (exact) mass is 415 g/mol. The van der Waals surface area contributed by atoms with Gasteiger partial charge >= 0.3 is 6.18 Å². The molecule has 1 atom stereocenters. The molecule has 156 valence electrons. The SMILES string of the molecule is O=C(NC[C@@H]1OCCc2cn(Cc3ccccc3)nc21)c1ccc(C(F)(F)F)cc1. The van der Waals surface area contributed by atoms with Crippen molar-refractivity contribution in [3.05, 3.63) is 88.7 Å². The van der Waals surface area contributed by atoms with Crippen LogP contribution in [0.15, 0.2) is 60.8 Å². The Morgan fingerprint density at radius 3 is 2.57 bits per heavy atom. The largest absolute Gasteiger partial charge is 0.416 e. The number of carbonyl (C=O) groups is 1. The standard InChI is InChI=1S/C22H20F3N3O2/c23-22(24,25)18-8-6-16(7-9-18)21(29)26-12-19-20-17(10-11-30-19)14-28(27-20)13-15-4-2-1-3-5-15/h1-9,14,19H,10-13H2,(H,26,29)/t19-/m0/s1. The van der Waals surface area contributed by atoms with E-state index in [1.807, 2.05) is 41.2 Å². The minimum Gasteiger partial charge on any atom is -0.370 e. The van der Waals surface area contributed by atoms with E-state index >= 15 is 0 Å². The summed E-state index contributed by atoms with van der Waals surface area (Å²) in [6.07, 6.45) is -2.09. The fraction of sp³-hybridized carbons (Fsp3) is 0.273. The number of hydrogen-bond donors (Lipinski definition) is 1. The van der Waals surface area contributed by atoms with E-state index in [-0.39, 0.29) is 12.1 Å². The Morgan fingerprint density at radius 1 is 1.13 bits per heavy atom. The summed E-state index contributed by atoms with van der Waals surface area (Å²) in [5.74, 6) is -0.455. The number of amides is 1. The lowest BCUT2D eigenvalue weighted by Crippen LogP contribution is -2.32. The second-order valence-corrected chi connectivity index (χ2v) is 7.12. The molecule has 2 heterocycles. The molecular formula is C22H20F3N3O2. The van der Waals surface area contributed by atoms with Crippen molar-refractivity contribution in [3.63, 3.8) is 0 Å². The van der Waals surface area contributed by atoms with Crippen molar-refractivity contribution in [2.45, 2.75) is 25.2 Å². The van der Waals surface area contributed by atoms with Crippen LogP contribution in [0.4, 0.5) is 13.2 Å². The molecule has 0 bridgehead atoms. The Hall–Kier alpha value is -3.13. The molecule has 30 heavy (non-hydrogen) atoms. The maximum Gasteiger partial charge on any atom is 0.416 e. The van der Waals surface area contributed by atoms with Crippen LogP contribution in [0.25, 0.3) is 0 Å². The van der Waals surface area contributed by atoms with E-state index in [4.69, 9.17) is 4.74 Å². The van der Waals surface area contributed by atoms with Gasteiger partial charge in [0.25, 0.3) is 5.91 Å². The van der Waals surface area contributed by atoms with Crippen molar-refractivity contribution < 1.29 is 22.7 Å². The van der Waals surface area contributed by atoms with Gasteiger partial charge in [-0.15, -0.1) is 0 Å². The number of carbonyl (C=O) groups excluding carboxylic acids is 1. The zero-order chi connectivity index (χ0) is 21.1. The van der Waals surface area contributed by atoms with Crippen molar-refractivity contribution in [2.75, 3.05) is 13.2 Å². The first-order valence-corrected chi connectivity index (χ1v) is 9.57. The molecule has 0 saturated heterocycles. The van der Waals surface area contributed by atoms with Crippen LogP contribution in [-0.4, -0.2) is 28.8 Å². The summed E-state index contributed by atoms with van der Waals surface area (Å²) in [6.45, 7) is 1.35. The highest BCUT2D eigenvalue weighted by molar-refractivity contribution is 5.94. The van der Waals surface area contributed by atoms with E-state index in [1.54, 1.807) is 0 Å². The third-order valence-electron chi connectivity index (χ3n) is 4.98. The van der Waals surface area contributed by atoms with Gasteiger partial charge in [-0.2, -0.15) is 18.3 Å². The van der Waals surface area contributed by atoms with E-state index in [1.165, 1.54) is 12.1 Å². The molecule has 1 amide bonds. The summed E-state index contributed by atoms with van der Waals surface area (Å²) in [6, 6.07) is 14.1. The number of halogens is 3. The topological polar surface area (TPSA) is 56.1 Å². The summed E-state index contributed by atoms with van der Waals surface area (Å²) in [5.41, 5.74) is 2.36. The predicted molar refractivity (Wildman–Crippen MR) is 104 cm³/mol. The van der Waals surface area contributed by atoms with E-state index in [9.17, 15) is 18.0 Å². The lowest BCUT2D eigenvalue weighted by molar-refractivity contribution is -0.137. The molecular weight excluding hydrogens is 395 g/mol. The van der Waals surface area contributed by atoms with Crippen molar-refractivity contribution in [1.29, 1.82) is 0 Å². The van der Waals surface area contributed by atoms with E-state index in [0.29, 0.717) is 13.2 Å². The predicted octanol–water partition coefficient (Wildman–Crippen LogP) is 3.99. The van der Waals surface area contributed by atoms with E-state index in [2.05, 4.69) is 10.4 Å². The lowest BCUT2D eigenvalue weighted by Gasteiger charge is -2.22. The minimum atomic E-state index is -4.43. The van der Waals surface area contributed by atoms with Gasteiger partial charge in [-0.3, -0.25) is 9.48 Å². The van der Waals surface area contributed by atoms with Gasteiger partial charge in [-0.1, -0.05) is 30.3 Å². The molecule has 1 aliphatic heterocycles. The number of rotatable bonds is 5. The normalized spacial score (nSPS) is 16.2. The van der Waals surface area contributed by atoms with Crippen LogP contribution < -0.4 is 5.32 Å². The maximum atomic E-state index is 12.7. The maximum absolute atomic E-state index is 12.7. The summed E-state index contributed by atoms with van der Waals surface area (Å²) < 4.78 is 45.6. The van der Waals surface area contributed by atoms with Crippen LogP contribution in [0, 0.1) is 0 Å². The van der Waals surface area contributed by atoms with Crippen LogP contribution in [0.3, 0.4) is 0 Å². The number of hydrogen-bond acceptors (Lipinski definition) is 3. The van der Waals surface area contributed by atoms with E-state index in [0.717, 1.165) is 35.4 Å². The first kappa shape index (κ1) is 20.2. The molecule has 4 rings (SSSR count). The third kappa shape index (κ3) is 4.54. The molecule has 5 nitrogen and oxygen atoms in total. The number of aromatic nitrogens is 2. The number of alkyl halides is 3. The second-order valence-electron chi connectivity index (χ2n) is 7.12. The van der Waals surface area contributed by atoms with Gasteiger partial charge in [-0.05, 0) is 41.8 Å². The number of benzene rings is 2. The molecule has 1 aromatic heterocycles. The molecule has 3 aromatic rings. The second kappa shape index (κ2) is 8.31. The smallest absolute Gasteiger partial charge is 0.370 e. The van der Waals surface area contributed by atoms with Crippen molar-refractivity contribution >= 4 is 5.91 Å². The van der Waals surface area contributed by atoms with Crippen LogP contribution in [0.2, 0.25) is 0 Å². The van der Waals surface area contributed by atoms with Gasteiger partial charge in [0, 0.05) is 18.3 Å². The van der Waals surface area contributed by atoms with Crippen molar-refractivity contribution in [2.24, 2.45) is 0 Å². The van der Waals surface area contributed by atoms with Gasteiger partial charge in [0.05, 0.1) is 24.4 Å². The Labute approximate surface area is 171 Å². The minimum absolute atomic E-state index is 0.161. The first-order valence-electron chi connectivity index (χ1n) is 9.57. The Morgan fingerprint density at radius 2 is 1.87 bits per heavy atom. The Bertz CT molecular complexity index is 1010. The molecule has 0 unspecified atom stereocenters. The fourth-order valence-corrected chi connectivity index (χ4v) is 3.44. The van der Waals surface area contributed by atoms with Crippen molar-refractivity contribution in [1.82, 2.24) is 15.1 Å². The molecule has 0 spiro atoms. The van der Waals surface area contributed by atoms with Crippen LogP contribution in [0.1, 0.15) is 38.8 Å². The zero-order valence-corrected chi connectivity index (χ0v) is 16.0.